The van der Waals surface area contributed by atoms with E-state index in [0.717, 1.165) is 16.9 Å². The first-order valence-corrected chi connectivity index (χ1v) is 6.79. The number of hydrogen-bond donors (Lipinski definition) is 2. The minimum Gasteiger partial charge on any atom is -0.508 e. The summed E-state index contributed by atoms with van der Waals surface area (Å²) in [6.07, 6.45) is 0. The van der Waals surface area contributed by atoms with E-state index in [1.165, 1.54) is 0 Å². The predicted molar refractivity (Wildman–Crippen MR) is 81.1 cm³/mol. The zero-order chi connectivity index (χ0) is 14.5. The van der Waals surface area contributed by atoms with Gasteiger partial charge in [-0.3, -0.25) is 0 Å². The van der Waals surface area contributed by atoms with Gasteiger partial charge in [-0.15, -0.1) is 0 Å². The molecule has 2 rings (SSSR count). The minimum atomic E-state index is 0.141. The van der Waals surface area contributed by atoms with Gasteiger partial charge in [-0.2, -0.15) is 0 Å². The van der Waals surface area contributed by atoms with Crippen LogP contribution in [0.25, 0.3) is 0 Å². The summed E-state index contributed by atoms with van der Waals surface area (Å²) in [5.41, 5.74) is 2.19. The highest BCUT2D eigenvalue weighted by Crippen LogP contribution is 2.27. The van der Waals surface area contributed by atoms with Gasteiger partial charge in [0.2, 0.25) is 0 Å². The van der Waals surface area contributed by atoms with Crippen LogP contribution in [0.5, 0.6) is 11.5 Å². The lowest BCUT2D eigenvalue weighted by atomic mass is 10.0. The number of aromatic hydroxyl groups is 1. The van der Waals surface area contributed by atoms with Gasteiger partial charge in [0.15, 0.2) is 0 Å². The Morgan fingerprint density at radius 3 is 2.45 bits per heavy atom. The Balaban J connectivity index is 2.13. The van der Waals surface area contributed by atoms with Gasteiger partial charge in [0.1, 0.15) is 11.5 Å². The summed E-state index contributed by atoms with van der Waals surface area (Å²) in [6.45, 7) is 4.19. The summed E-state index contributed by atoms with van der Waals surface area (Å²) in [5.74, 6) is 1.18. The van der Waals surface area contributed by atoms with E-state index < -0.39 is 0 Å². The second kappa shape index (κ2) is 6.44. The van der Waals surface area contributed by atoms with Gasteiger partial charge in [0, 0.05) is 17.6 Å². The molecule has 0 spiro atoms. The lowest BCUT2D eigenvalue weighted by Crippen LogP contribution is -2.22. The summed E-state index contributed by atoms with van der Waals surface area (Å²) in [6, 6.07) is 15.6. The molecule has 1 unspecified atom stereocenters. The molecule has 0 radical (unpaired) electrons. The fourth-order valence-electron chi connectivity index (χ4n) is 2.38. The number of rotatable bonds is 5. The first kappa shape index (κ1) is 14.4. The van der Waals surface area contributed by atoms with Gasteiger partial charge in [0.05, 0.1) is 7.11 Å². The van der Waals surface area contributed by atoms with Crippen molar-refractivity contribution in [2.45, 2.75) is 25.9 Å². The van der Waals surface area contributed by atoms with Crippen molar-refractivity contribution < 1.29 is 9.84 Å². The van der Waals surface area contributed by atoms with E-state index in [0.29, 0.717) is 5.75 Å². The average molecular weight is 271 g/mol. The number of nitrogens with one attached hydrogen (secondary N) is 1. The zero-order valence-corrected chi connectivity index (χ0v) is 12.1. The maximum Gasteiger partial charge on any atom is 0.123 e. The molecule has 2 N–H and O–H groups in total. The van der Waals surface area contributed by atoms with E-state index >= 15 is 0 Å². The molecule has 20 heavy (non-hydrogen) atoms. The van der Waals surface area contributed by atoms with Gasteiger partial charge < -0.3 is 15.2 Å². The molecule has 2 aromatic carbocycles. The standard InChI is InChI=1S/C17H21NO2/c1-12(14-7-6-8-15(19)11-14)18-13(2)16-9-4-5-10-17(16)20-3/h4-13,18-19H,1-3H3/t12?,13-/m1/s1. The van der Waals surface area contributed by atoms with Gasteiger partial charge in [0.25, 0.3) is 0 Å². The lowest BCUT2D eigenvalue weighted by molar-refractivity contribution is 0.396. The molecule has 0 aliphatic heterocycles. The smallest absolute Gasteiger partial charge is 0.123 e. The SMILES string of the molecule is COc1ccccc1[C@@H](C)NC(C)c1cccc(O)c1. The van der Waals surface area contributed by atoms with Crippen LogP contribution in [-0.2, 0) is 0 Å². The zero-order valence-electron chi connectivity index (χ0n) is 12.1. The largest absolute Gasteiger partial charge is 0.508 e. The van der Waals surface area contributed by atoms with Crippen LogP contribution in [0.4, 0.5) is 0 Å². The number of phenols is 1. The molecule has 0 saturated heterocycles. The highest BCUT2D eigenvalue weighted by Gasteiger charge is 2.14. The maximum atomic E-state index is 9.55. The molecule has 0 aliphatic carbocycles. The minimum absolute atomic E-state index is 0.141. The Bertz CT molecular complexity index is 568. The number of phenolic OH excluding ortho intramolecular Hbond substituents is 1. The number of hydrogen-bond acceptors (Lipinski definition) is 3. The van der Waals surface area contributed by atoms with E-state index in [1.54, 1.807) is 19.2 Å². The Labute approximate surface area is 120 Å². The second-order valence-electron chi connectivity index (χ2n) is 4.95. The molecular formula is C17H21NO2. The van der Waals surface area contributed by atoms with Crippen LogP contribution in [0.15, 0.2) is 48.5 Å². The van der Waals surface area contributed by atoms with E-state index in [1.807, 2.05) is 30.3 Å². The number of ether oxygens (including phenoxy) is 1. The monoisotopic (exact) mass is 271 g/mol. The van der Waals surface area contributed by atoms with E-state index in [2.05, 4.69) is 25.2 Å². The summed E-state index contributed by atoms with van der Waals surface area (Å²) in [4.78, 5) is 0. The molecule has 0 aliphatic rings. The van der Waals surface area contributed by atoms with Crippen molar-refractivity contribution >= 4 is 0 Å². The normalized spacial score (nSPS) is 13.8. The van der Waals surface area contributed by atoms with Crippen LogP contribution in [0.1, 0.15) is 37.1 Å². The van der Waals surface area contributed by atoms with E-state index in [4.69, 9.17) is 4.74 Å². The highest BCUT2D eigenvalue weighted by molar-refractivity contribution is 5.36. The molecule has 0 fully saturated rings. The third kappa shape index (κ3) is 3.31. The molecule has 2 aromatic rings. The highest BCUT2D eigenvalue weighted by atomic mass is 16.5. The van der Waals surface area contributed by atoms with Gasteiger partial charge in [-0.25, -0.2) is 0 Å². The van der Waals surface area contributed by atoms with Crippen LogP contribution >= 0.6 is 0 Å². The Hall–Kier alpha value is -2.00. The summed E-state index contributed by atoms with van der Waals surface area (Å²) < 4.78 is 5.39. The molecule has 0 amide bonds. The van der Waals surface area contributed by atoms with Crippen LogP contribution in [-0.4, -0.2) is 12.2 Å². The molecule has 0 saturated carbocycles. The van der Waals surface area contributed by atoms with Crippen molar-refractivity contribution in [3.05, 3.63) is 59.7 Å². The van der Waals surface area contributed by atoms with Crippen LogP contribution in [0.3, 0.4) is 0 Å². The van der Waals surface area contributed by atoms with Crippen molar-refractivity contribution in [3.8, 4) is 11.5 Å². The van der Waals surface area contributed by atoms with Crippen molar-refractivity contribution in [1.82, 2.24) is 5.32 Å². The van der Waals surface area contributed by atoms with Crippen molar-refractivity contribution in [3.63, 3.8) is 0 Å². The molecule has 3 nitrogen and oxygen atoms in total. The summed E-state index contributed by atoms with van der Waals surface area (Å²) in [5, 5.41) is 13.1. The third-order valence-electron chi connectivity index (χ3n) is 3.48. The topological polar surface area (TPSA) is 41.5 Å². The van der Waals surface area contributed by atoms with Crippen LogP contribution in [0, 0.1) is 0 Å². The van der Waals surface area contributed by atoms with Crippen LogP contribution < -0.4 is 10.1 Å². The predicted octanol–water partition coefficient (Wildman–Crippen LogP) is 3.81. The molecule has 2 atom stereocenters. The molecule has 106 valence electrons. The fraction of sp³-hybridized carbons (Fsp3) is 0.294. The van der Waals surface area contributed by atoms with Crippen LogP contribution in [0.2, 0.25) is 0 Å². The molecular weight excluding hydrogens is 250 g/mol. The third-order valence-corrected chi connectivity index (χ3v) is 3.48. The van der Waals surface area contributed by atoms with Crippen molar-refractivity contribution in [2.24, 2.45) is 0 Å². The molecule has 0 aromatic heterocycles. The quantitative estimate of drug-likeness (QED) is 0.868. The molecule has 0 bridgehead atoms. The second-order valence-corrected chi connectivity index (χ2v) is 4.95. The van der Waals surface area contributed by atoms with E-state index in [-0.39, 0.29) is 12.1 Å². The number of para-hydroxylation sites is 1. The number of methoxy groups -OCH3 is 1. The van der Waals surface area contributed by atoms with Crippen molar-refractivity contribution in [1.29, 1.82) is 0 Å². The molecule has 3 heteroatoms. The van der Waals surface area contributed by atoms with Crippen molar-refractivity contribution in [2.75, 3.05) is 7.11 Å². The first-order chi connectivity index (χ1) is 9.61. The van der Waals surface area contributed by atoms with Gasteiger partial charge >= 0.3 is 0 Å². The summed E-state index contributed by atoms with van der Waals surface area (Å²) in [7, 11) is 1.68. The summed E-state index contributed by atoms with van der Waals surface area (Å²) >= 11 is 0. The Morgan fingerprint density at radius 1 is 1.00 bits per heavy atom. The maximum absolute atomic E-state index is 9.55. The Morgan fingerprint density at radius 2 is 1.75 bits per heavy atom. The average Bonchev–Trinajstić information content (AvgIpc) is 2.47. The Kier molecular flexibility index (Phi) is 4.64. The van der Waals surface area contributed by atoms with E-state index in [9.17, 15) is 5.11 Å². The lowest BCUT2D eigenvalue weighted by Gasteiger charge is -2.22. The number of benzene rings is 2. The van der Waals surface area contributed by atoms with Gasteiger partial charge in [-0.1, -0.05) is 30.3 Å². The first-order valence-electron chi connectivity index (χ1n) is 6.79. The molecule has 0 heterocycles. The van der Waals surface area contributed by atoms with Gasteiger partial charge in [-0.05, 0) is 37.6 Å². The fourth-order valence-corrected chi connectivity index (χ4v) is 2.38.